The summed E-state index contributed by atoms with van der Waals surface area (Å²) in [6, 6.07) is 14.3. The first-order chi connectivity index (χ1) is 15.3. The van der Waals surface area contributed by atoms with Gasteiger partial charge in [-0.3, -0.25) is 9.59 Å². The van der Waals surface area contributed by atoms with E-state index in [4.69, 9.17) is 21.1 Å². The Kier molecular flexibility index (Phi) is 7.10. The van der Waals surface area contributed by atoms with Crippen LogP contribution in [0.25, 0.3) is 11.1 Å². The van der Waals surface area contributed by atoms with E-state index in [1.165, 1.54) is 27.2 Å². The van der Waals surface area contributed by atoms with Crippen LogP contribution in [-0.4, -0.2) is 35.8 Å². The van der Waals surface area contributed by atoms with Gasteiger partial charge in [0, 0.05) is 22.6 Å². The molecule has 0 N–H and O–H groups in total. The number of benzene rings is 2. The van der Waals surface area contributed by atoms with E-state index in [1.54, 1.807) is 18.2 Å². The molecule has 0 saturated carbocycles. The maximum Gasteiger partial charge on any atom is 0.331 e. The van der Waals surface area contributed by atoms with Crippen molar-refractivity contribution >= 4 is 23.4 Å². The fourth-order valence-corrected chi connectivity index (χ4v) is 3.79. The lowest BCUT2D eigenvalue weighted by Crippen LogP contribution is -2.35. The molecule has 1 unspecified atom stereocenters. The number of rotatable bonds is 7. The van der Waals surface area contributed by atoms with Gasteiger partial charge in [0.15, 0.2) is 11.8 Å². The Labute approximate surface area is 190 Å². The molecular formula is C24H23ClN2O5. The number of aromatic nitrogens is 2. The van der Waals surface area contributed by atoms with Gasteiger partial charge >= 0.3 is 5.97 Å². The van der Waals surface area contributed by atoms with Crippen LogP contribution < -0.4 is 10.3 Å². The van der Waals surface area contributed by atoms with E-state index in [2.05, 4.69) is 5.10 Å². The number of hydrogen-bond acceptors (Lipinski definition) is 6. The maximum absolute atomic E-state index is 13.2. The largest absolute Gasteiger partial charge is 0.480 e. The molecule has 0 aliphatic carbocycles. The normalized spacial score (nSPS) is 12.7. The van der Waals surface area contributed by atoms with Gasteiger partial charge in [0.2, 0.25) is 5.88 Å². The lowest BCUT2D eigenvalue weighted by Gasteiger charge is -2.24. The average Bonchev–Trinajstić information content (AvgIpc) is 2.79. The standard InChI is InChI=1S/C24H23ClN2O5/c1-14(16-8-6-5-7-9-16)22(24(30)32-4)27-21(29)13-20(23(26-27)31-3)19-12-17(25)10-11-18(19)15(2)28/h5-14,22H,1-4H3/t14?,22-/m0/s1. The number of ketones is 1. The first-order valence-corrected chi connectivity index (χ1v) is 10.3. The van der Waals surface area contributed by atoms with Crippen molar-refractivity contribution in [3.05, 3.63) is 81.1 Å². The summed E-state index contributed by atoms with van der Waals surface area (Å²) >= 11 is 6.14. The highest BCUT2D eigenvalue weighted by Crippen LogP contribution is 2.34. The number of carbonyl (C=O) groups is 2. The quantitative estimate of drug-likeness (QED) is 0.391. The second kappa shape index (κ2) is 9.78. The Balaban J connectivity index is 2.21. The van der Waals surface area contributed by atoms with E-state index in [9.17, 15) is 14.4 Å². The fourth-order valence-electron chi connectivity index (χ4n) is 3.62. The van der Waals surface area contributed by atoms with Crippen LogP contribution in [0.1, 0.15) is 41.7 Å². The molecule has 32 heavy (non-hydrogen) atoms. The Morgan fingerprint density at radius 2 is 1.72 bits per heavy atom. The number of ether oxygens (including phenoxy) is 2. The first kappa shape index (κ1) is 23.2. The van der Waals surface area contributed by atoms with E-state index in [1.807, 2.05) is 37.3 Å². The third kappa shape index (κ3) is 4.57. The highest BCUT2D eigenvalue weighted by Gasteiger charge is 2.32. The van der Waals surface area contributed by atoms with Gasteiger partial charge < -0.3 is 9.47 Å². The Bertz CT molecular complexity index is 1210. The minimum absolute atomic E-state index is 0.0727. The summed E-state index contributed by atoms with van der Waals surface area (Å²) in [5.74, 6) is -1.15. The number of methoxy groups -OCH3 is 2. The zero-order valence-electron chi connectivity index (χ0n) is 18.2. The molecular weight excluding hydrogens is 432 g/mol. The number of halogens is 1. The molecule has 0 fully saturated rings. The summed E-state index contributed by atoms with van der Waals surface area (Å²) in [6.45, 7) is 3.24. The van der Waals surface area contributed by atoms with Crippen LogP contribution in [0.2, 0.25) is 5.02 Å². The van der Waals surface area contributed by atoms with Crippen molar-refractivity contribution in [3.8, 4) is 17.0 Å². The molecule has 8 heteroatoms. The molecule has 0 aliphatic heterocycles. The monoisotopic (exact) mass is 454 g/mol. The lowest BCUT2D eigenvalue weighted by molar-refractivity contribution is -0.145. The van der Waals surface area contributed by atoms with Gasteiger partial charge in [-0.1, -0.05) is 48.9 Å². The molecule has 166 valence electrons. The second-order valence-electron chi connectivity index (χ2n) is 7.26. The van der Waals surface area contributed by atoms with E-state index in [0.717, 1.165) is 10.2 Å². The molecule has 7 nitrogen and oxygen atoms in total. The molecule has 0 amide bonds. The summed E-state index contributed by atoms with van der Waals surface area (Å²) in [6.07, 6.45) is 0. The molecule has 3 aromatic rings. The number of hydrogen-bond donors (Lipinski definition) is 0. The zero-order chi connectivity index (χ0) is 23.4. The van der Waals surface area contributed by atoms with Gasteiger partial charge in [0.1, 0.15) is 0 Å². The third-order valence-corrected chi connectivity index (χ3v) is 5.51. The molecule has 0 saturated heterocycles. The van der Waals surface area contributed by atoms with Crippen LogP contribution in [0.5, 0.6) is 5.88 Å². The molecule has 1 heterocycles. The number of esters is 1. The van der Waals surface area contributed by atoms with Gasteiger partial charge in [-0.2, -0.15) is 0 Å². The summed E-state index contributed by atoms with van der Waals surface area (Å²) in [5, 5.41) is 4.73. The first-order valence-electron chi connectivity index (χ1n) is 9.90. The van der Waals surface area contributed by atoms with Crippen LogP contribution in [0.15, 0.2) is 59.4 Å². The molecule has 1 aromatic heterocycles. The number of Topliss-reactive ketones (excluding diaryl/α,β-unsaturated/α-hetero) is 1. The summed E-state index contributed by atoms with van der Waals surface area (Å²) in [5.41, 5.74) is 1.39. The molecule has 0 spiro atoms. The zero-order valence-corrected chi connectivity index (χ0v) is 18.9. The van der Waals surface area contributed by atoms with Crippen LogP contribution in [0.3, 0.4) is 0 Å². The van der Waals surface area contributed by atoms with Crippen LogP contribution >= 0.6 is 11.6 Å². The fraction of sp³-hybridized carbons (Fsp3) is 0.250. The predicted octanol–water partition coefficient (Wildman–Crippen LogP) is 4.29. The van der Waals surface area contributed by atoms with Crippen molar-refractivity contribution < 1.29 is 19.1 Å². The maximum atomic E-state index is 13.2. The minimum Gasteiger partial charge on any atom is -0.480 e. The molecule has 0 radical (unpaired) electrons. The van der Waals surface area contributed by atoms with Crippen molar-refractivity contribution in [3.63, 3.8) is 0 Å². The third-order valence-electron chi connectivity index (χ3n) is 5.27. The van der Waals surface area contributed by atoms with Gasteiger partial charge in [-0.25, -0.2) is 9.48 Å². The van der Waals surface area contributed by atoms with Gasteiger partial charge in [-0.15, -0.1) is 5.10 Å². The lowest BCUT2D eigenvalue weighted by atomic mass is 9.93. The highest BCUT2D eigenvalue weighted by atomic mass is 35.5. The van der Waals surface area contributed by atoms with Gasteiger partial charge in [-0.05, 0) is 36.2 Å². The predicted molar refractivity (Wildman–Crippen MR) is 121 cm³/mol. The van der Waals surface area contributed by atoms with E-state index in [0.29, 0.717) is 21.7 Å². The van der Waals surface area contributed by atoms with Crippen molar-refractivity contribution in [2.45, 2.75) is 25.8 Å². The van der Waals surface area contributed by atoms with Crippen LogP contribution in [0.4, 0.5) is 0 Å². The topological polar surface area (TPSA) is 87.5 Å². The molecule has 0 bridgehead atoms. The Morgan fingerprint density at radius 1 is 1.03 bits per heavy atom. The average molecular weight is 455 g/mol. The van der Waals surface area contributed by atoms with Gasteiger partial charge in [0.25, 0.3) is 5.56 Å². The highest BCUT2D eigenvalue weighted by molar-refractivity contribution is 6.31. The molecule has 3 rings (SSSR count). The summed E-state index contributed by atoms with van der Waals surface area (Å²) < 4.78 is 11.5. The number of nitrogens with zero attached hydrogens (tertiary/aromatic N) is 2. The Hall–Kier alpha value is -3.45. The molecule has 0 aliphatic rings. The van der Waals surface area contributed by atoms with Crippen molar-refractivity contribution in [2.24, 2.45) is 0 Å². The molecule has 2 atom stereocenters. The van der Waals surface area contributed by atoms with E-state index >= 15 is 0 Å². The summed E-state index contributed by atoms with van der Waals surface area (Å²) in [7, 11) is 2.65. The van der Waals surface area contributed by atoms with Crippen LogP contribution in [-0.2, 0) is 9.53 Å². The van der Waals surface area contributed by atoms with E-state index in [-0.39, 0.29) is 11.7 Å². The Morgan fingerprint density at radius 3 is 2.31 bits per heavy atom. The SMILES string of the molecule is COC(=O)[C@H](C(C)c1ccccc1)n1nc(OC)c(-c2cc(Cl)ccc2C(C)=O)cc1=O. The number of carbonyl (C=O) groups excluding carboxylic acids is 2. The summed E-state index contributed by atoms with van der Waals surface area (Å²) in [4.78, 5) is 38.0. The van der Waals surface area contributed by atoms with Crippen molar-refractivity contribution in [1.82, 2.24) is 9.78 Å². The molecule has 2 aromatic carbocycles. The van der Waals surface area contributed by atoms with Crippen molar-refractivity contribution in [1.29, 1.82) is 0 Å². The van der Waals surface area contributed by atoms with Crippen molar-refractivity contribution in [2.75, 3.05) is 14.2 Å². The smallest absolute Gasteiger partial charge is 0.331 e. The van der Waals surface area contributed by atoms with Gasteiger partial charge in [0.05, 0.1) is 19.8 Å². The minimum atomic E-state index is -1.02. The van der Waals surface area contributed by atoms with Crippen LogP contribution in [0, 0.1) is 0 Å². The van der Waals surface area contributed by atoms with E-state index < -0.39 is 23.5 Å². The second-order valence-corrected chi connectivity index (χ2v) is 7.70.